The van der Waals surface area contributed by atoms with E-state index in [0.29, 0.717) is 32.3 Å². The van der Waals surface area contributed by atoms with Crippen LogP contribution in [0.3, 0.4) is 0 Å². The second-order valence-electron chi connectivity index (χ2n) is 8.15. The van der Waals surface area contributed by atoms with Gasteiger partial charge in [0.2, 0.25) is 6.23 Å². The van der Waals surface area contributed by atoms with Crippen molar-refractivity contribution >= 4 is 62.9 Å². The van der Waals surface area contributed by atoms with Crippen LogP contribution in [0.15, 0.2) is 77.9 Å². The van der Waals surface area contributed by atoms with Crippen LogP contribution in [0.5, 0.6) is 5.75 Å². The van der Waals surface area contributed by atoms with Gasteiger partial charge in [0.25, 0.3) is 0 Å². The van der Waals surface area contributed by atoms with E-state index in [9.17, 15) is 0 Å². The molecule has 3 nitrogen and oxygen atoms in total. The average Bonchev–Trinajstić information content (AvgIpc) is 3.25. The highest BCUT2D eigenvalue weighted by atomic mass is 35.5. The molecule has 0 amide bonds. The lowest BCUT2D eigenvalue weighted by molar-refractivity contribution is -0.0188. The first-order chi connectivity index (χ1) is 16.0. The molecule has 2 atom stereocenters. The van der Waals surface area contributed by atoms with Crippen molar-refractivity contribution in [3.63, 3.8) is 0 Å². The molecule has 0 N–H and O–H groups in total. The number of nitrogens with zero attached hydrogens (tertiary/aromatic N) is 2. The van der Waals surface area contributed by atoms with Crippen molar-refractivity contribution in [3.05, 3.63) is 110 Å². The molecule has 0 unspecified atom stereocenters. The standard InChI is InChI=1S/C26H16Cl4N2O/c27-17-7-8-19(21(29)11-17)26-32-24(20-10-18(28)12-22(30)25(20)33-26)13-23(31-32)16-6-5-14-3-1-2-4-15(14)9-16/h1-12,24,26H,13H2/t24-,26+/m1/s1. The van der Waals surface area contributed by atoms with Gasteiger partial charge in [-0.05, 0) is 46.7 Å². The van der Waals surface area contributed by atoms with E-state index in [2.05, 4.69) is 30.3 Å². The van der Waals surface area contributed by atoms with Crippen molar-refractivity contribution in [2.24, 2.45) is 5.10 Å². The summed E-state index contributed by atoms with van der Waals surface area (Å²) in [7, 11) is 0. The quantitative estimate of drug-likeness (QED) is 0.267. The minimum absolute atomic E-state index is 0.0943. The predicted octanol–water partition coefficient (Wildman–Crippen LogP) is 8.70. The van der Waals surface area contributed by atoms with Crippen molar-refractivity contribution in [2.75, 3.05) is 0 Å². The molecule has 6 rings (SSSR count). The number of halogens is 4. The largest absolute Gasteiger partial charge is 0.463 e. The van der Waals surface area contributed by atoms with Gasteiger partial charge in [-0.1, -0.05) is 88.9 Å². The molecule has 164 valence electrons. The van der Waals surface area contributed by atoms with Gasteiger partial charge in [0.1, 0.15) is 5.75 Å². The minimum Gasteiger partial charge on any atom is -0.463 e. The second kappa shape index (κ2) is 8.11. The maximum Gasteiger partial charge on any atom is 0.215 e. The number of rotatable bonds is 2. The van der Waals surface area contributed by atoms with Gasteiger partial charge >= 0.3 is 0 Å². The molecule has 4 aromatic rings. The summed E-state index contributed by atoms with van der Waals surface area (Å²) in [5.74, 6) is 0.605. The summed E-state index contributed by atoms with van der Waals surface area (Å²) in [6.45, 7) is 0. The Bertz CT molecular complexity index is 1450. The summed E-state index contributed by atoms with van der Waals surface area (Å²) in [6, 6.07) is 23.6. The summed E-state index contributed by atoms with van der Waals surface area (Å²) < 4.78 is 6.39. The first-order valence-corrected chi connectivity index (χ1v) is 11.9. The number of fused-ring (bicyclic) bond motifs is 4. The zero-order valence-corrected chi connectivity index (χ0v) is 20.1. The van der Waals surface area contributed by atoms with E-state index in [1.54, 1.807) is 18.2 Å². The SMILES string of the molecule is Clc1ccc([C@@H]2Oc3c(Cl)cc(Cl)cc3[C@H]3CC(c4ccc5ccccc5c4)=NN32)c(Cl)c1. The monoisotopic (exact) mass is 512 g/mol. The van der Waals surface area contributed by atoms with Crippen LogP contribution in [0.25, 0.3) is 10.8 Å². The van der Waals surface area contributed by atoms with Gasteiger partial charge in [-0.15, -0.1) is 0 Å². The number of ether oxygens (including phenoxy) is 1. The van der Waals surface area contributed by atoms with Gasteiger partial charge in [0.15, 0.2) is 0 Å². The molecule has 0 fully saturated rings. The molecule has 7 heteroatoms. The molecule has 0 spiro atoms. The van der Waals surface area contributed by atoms with Crippen molar-refractivity contribution in [1.82, 2.24) is 5.01 Å². The Morgan fingerprint density at radius 2 is 1.55 bits per heavy atom. The fourth-order valence-electron chi connectivity index (χ4n) is 4.56. The number of hydrogen-bond acceptors (Lipinski definition) is 3. The van der Waals surface area contributed by atoms with Gasteiger partial charge in [0, 0.05) is 27.6 Å². The zero-order chi connectivity index (χ0) is 22.7. The fourth-order valence-corrected chi connectivity index (χ4v) is 5.62. The zero-order valence-electron chi connectivity index (χ0n) is 17.1. The summed E-state index contributed by atoms with van der Waals surface area (Å²) in [5.41, 5.74) is 3.71. The summed E-state index contributed by atoms with van der Waals surface area (Å²) >= 11 is 25.6. The van der Waals surface area contributed by atoms with Crippen LogP contribution in [0.1, 0.15) is 35.4 Å². The van der Waals surface area contributed by atoms with Crippen molar-refractivity contribution in [3.8, 4) is 5.75 Å². The third-order valence-corrected chi connectivity index (χ3v) is 7.18. The van der Waals surface area contributed by atoms with Crippen LogP contribution in [-0.2, 0) is 0 Å². The topological polar surface area (TPSA) is 24.8 Å². The van der Waals surface area contributed by atoms with Gasteiger partial charge in [-0.25, -0.2) is 5.01 Å². The Morgan fingerprint density at radius 1 is 0.758 bits per heavy atom. The Labute approximate surface area is 211 Å². The molecule has 33 heavy (non-hydrogen) atoms. The molecule has 2 aliphatic rings. The molecule has 2 heterocycles. The molecule has 0 saturated carbocycles. The molecule has 0 radical (unpaired) electrons. The van der Waals surface area contributed by atoms with Gasteiger partial charge in [0.05, 0.1) is 21.8 Å². The Morgan fingerprint density at radius 3 is 2.36 bits per heavy atom. The lowest BCUT2D eigenvalue weighted by Gasteiger charge is -2.39. The van der Waals surface area contributed by atoms with Gasteiger partial charge in [-0.3, -0.25) is 0 Å². The maximum absolute atomic E-state index is 6.57. The third kappa shape index (κ3) is 3.64. The van der Waals surface area contributed by atoms with E-state index >= 15 is 0 Å². The van der Waals surface area contributed by atoms with Crippen LogP contribution >= 0.6 is 46.4 Å². The summed E-state index contributed by atoms with van der Waals surface area (Å²) in [5, 5.41) is 11.4. The summed E-state index contributed by atoms with van der Waals surface area (Å²) in [6.07, 6.45) is 0.136. The fraction of sp³-hybridized carbons (Fsp3) is 0.115. The normalized spacial score (nSPS) is 19.2. The molecular weight excluding hydrogens is 498 g/mol. The van der Waals surface area contributed by atoms with Crippen LogP contribution in [-0.4, -0.2) is 10.7 Å². The van der Waals surface area contributed by atoms with Gasteiger partial charge in [-0.2, -0.15) is 5.10 Å². The highest BCUT2D eigenvalue weighted by Gasteiger charge is 2.42. The first kappa shape index (κ1) is 21.1. The molecule has 0 aromatic heterocycles. The molecule has 0 aliphatic carbocycles. The van der Waals surface area contributed by atoms with Crippen molar-refractivity contribution < 1.29 is 4.74 Å². The number of hydrogen-bond donors (Lipinski definition) is 0. The van der Waals surface area contributed by atoms with E-state index in [1.807, 2.05) is 29.3 Å². The average molecular weight is 514 g/mol. The van der Waals surface area contributed by atoms with E-state index < -0.39 is 6.23 Å². The second-order valence-corrected chi connectivity index (χ2v) is 9.84. The Kier molecular flexibility index (Phi) is 5.19. The molecule has 0 saturated heterocycles. The molecule has 0 bridgehead atoms. The van der Waals surface area contributed by atoms with E-state index in [-0.39, 0.29) is 6.04 Å². The lowest BCUT2D eigenvalue weighted by Crippen LogP contribution is -2.34. The first-order valence-electron chi connectivity index (χ1n) is 10.4. The van der Waals surface area contributed by atoms with Crippen molar-refractivity contribution in [2.45, 2.75) is 18.7 Å². The van der Waals surface area contributed by atoms with E-state index in [4.69, 9.17) is 56.2 Å². The highest BCUT2D eigenvalue weighted by molar-refractivity contribution is 6.36. The summed E-state index contributed by atoms with van der Waals surface area (Å²) in [4.78, 5) is 0. The van der Waals surface area contributed by atoms with Crippen LogP contribution in [0.2, 0.25) is 20.1 Å². The maximum atomic E-state index is 6.57. The van der Waals surface area contributed by atoms with Crippen LogP contribution < -0.4 is 4.74 Å². The molecular formula is C26H16Cl4N2O. The van der Waals surface area contributed by atoms with Gasteiger partial charge < -0.3 is 4.74 Å². The van der Waals surface area contributed by atoms with Crippen molar-refractivity contribution in [1.29, 1.82) is 0 Å². The predicted molar refractivity (Wildman–Crippen MR) is 136 cm³/mol. The van der Waals surface area contributed by atoms with E-state index in [0.717, 1.165) is 22.4 Å². The highest BCUT2D eigenvalue weighted by Crippen LogP contribution is 2.51. The number of hydrazone groups is 1. The Balaban J connectivity index is 1.49. The van der Waals surface area contributed by atoms with Crippen LogP contribution in [0.4, 0.5) is 0 Å². The van der Waals surface area contributed by atoms with E-state index in [1.165, 1.54) is 10.8 Å². The smallest absolute Gasteiger partial charge is 0.215 e. The minimum atomic E-state index is -0.552. The van der Waals surface area contributed by atoms with Crippen LogP contribution in [0, 0.1) is 0 Å². The Hall–Kier alpha value is -2.43. The lowest BCUT2D eigenvalue weighted by atomic mass is 9.95. The third-order valence-electron chi connectivity index (χ3n) is 6.12. The molecule has 4 aromatic carbocycles. The molecule has 2 aliphatic heterocycles. The number of benzene rings is 4.